The average Bonchev–Trinajstić information content (AvgIpc) is 2.50. The van der Waals surface area contributed by atoms with Crippen molar-refractivity contribution < 1.29 is 9.59 Å². The van der Waals surface area contributed by atoms with E-state index in [1.807, 2.05) is 6.92 Å². The van der Waals surface area contributed by atoms with Gasteiger partial charge in [0.15, 0.2) is 0 Å². The van der Waals surface area contributed by atoms with Crippen LogP contribution in [0.1, 0.15) is 12.0 Å². The quantitative estimate of drug-likeness (QED) is 0.738. The molecule has 1 atom stereocenters. The van der Waals surface area contributed by atoms with Crippen molar-refractivity contribution in [1.29, 1.82) is 0 Å². The van der Waals surface area contributed by atoms with Gasteiger partial charge in [0, 0.05) is 25.1 Å². The number of carbonyl (C=O) groups is 2. The number of nitrogens with one attached hydrogen (secondary N) is 1. The standard InChI is InChI=1S/C11H13N3O2/c1-7-6-12-4-3-8(7)13-9-5-10(15)14(2)11(9)16/h3-4,6,9H,5H2,1-2H3,(H,12,13). The van der Waals surface area contributed by atoms with Crippen LogP contribution in [-0.4, -0.2) is 34.8 Å². The minimum Gasteiger partial charge on any atom is -0.373 e. The third kappa shape index (κ3) is 1.76. The van der Waals surface area contributed by atoms with Gasteiger partial charge in [0.05, 0.1) is 6.42 Å². The summed E-state index contributed by atoms with van der Waals surface area (Å²) in [5, 5.41) is 3.07. The zero-order valence-corrected chi connectivity index (χ0v) is 9.23. The van der Waals surface area contributed by atoms with E-state index in [1.54, 1.807) is 18.5 Å². The van der Waals surface area contributed by atoms with Gasteiger partial charge in [-0.25, -0.2) is 0 Å². The van der Waals surface area contributed by atoms with Crippen molar-refractivity contribution in [3.05, 3.63) is 24.0 Å². The van der Waals surface area contributed by atoms with Crippen LogP contribution < -0.4 is 5.32 Å². The smallest absolute Gasteiger partial charge is 0.251 e. The second-order valence-corrected chi connectivity index (χ2v) is 3.88. The van der Waals surface area contributed by atoms with Crippen LogP contribution in [0.3, 0.4) is 0 Å². The zero-order chi connectivity index (χ0) is 11.7. The minimum absolute atomic E-state index is 0.144. The van der Waals surface area contributed by atoms with E-state index in [9.17, 15) is 9.59 Å². The van der Waals surface area contributed by atoms with Crippen molar-refractivity contribution in [2.75, 3.05) is 12.4 Å². The molecule has 0 radical (unpaired) electrons. The second kappa shape index (κ2) is 3.92. The van der Waals surface area contributed by atoms with Gasteiger partial charge >= 0.3 is 0 Å². The average molecular weight is 219 g/mol. The summed E-state index contributed by atoms with van der Waals surface area (Å²) < 4.78 is 0. The highest BCUT2D eigenvalue weighted by atomic mass is 16.2. The van der Waals surface area contributed by atoms with Gasteiger partial charge in [0.1, 0.15) is 6.04 Å². The molecule has 1 fully saturated rings. The van der Waals surface area contributed by atoms with E-state index in [-0.39, 0.29) is 18.2 Å². The first-order valence-corrected chi connectivity index (χ1v) is 5.07. The molecule has 0 aliphatic carbocycles. The van der Waals surface area contributed by atoms with Crippen molar-refractivity contribution in [3.63, 3.8) is 0 Å². The Bertz CT molecular complexity index is 445. The molecule has 5 heteroatoms. The number of hydrogen-bond acceptors (Lipinski definition) is 4. The summed E-state index contributed by atoms with van der Waals surface area (Å²) in [7, 11) is 1.51. The highest BCUT2D eigenvalue weighted by Crippen LogP contribution is 2.19. The number of aromatic nitrogens is 1. The molecule has 2 heterocycles. The molecular weight excluding hydrogens is 206 g/mol. The van der Waals surface area contributed by atoms with Crippen LogP contribution in [0.5, 0.6) is 0 Å². The van der Waals surface area contributed by atoms with Crippen LogP contribution >= 0.6 is 0 Å². The topological polar surface area (TPSA) is 62.3 Å². The molecule has 84 valence electrons. The van der Waals surface area contributed by atoms with E-state index in [2.05, 4.69) is 10.3 Å². The molecule has 5 nitrogen and oxygen atoms in total. The van der Waals surface area contributed by atoms with Crippen molar-refractivity contribution >= 4 is 17.5 Å². The maximum Gasteiger partial charge on any atom is 0.251 e. The zero-order valence-electron chi connectivity index (χ0n) is 9.23. The van der Waals surface area contributed by atoms with E-state index in [0.717, 1.165) is 16.2 Å². The first-order chi connectivity index (χ1) is 7.59. The molecule has 1 unspecified atom stereocenters. The Kier molecular flexibility index (Phi) is 2.60. The summed E-state index contributed by atoms with van der Waals surface area (Å²) in [6.45, 7) is 1.90. The fourth-order valence-corrected chi connectivity index (χ4v) is 1.69. The molecule has 0 saturated carbocycles. The van der Waals surface area contributed by atoms with Crippen LogP contribution in [0.15, 0.2) is 18.5 Å². The van der Waals surface area contributed by atoms with E-state index < -0.39 is 6.04 Å². The van der Waals surface area contributed by atoms with Crippen molar-refractivity contribution in [3.8, 4) is 0 Å². The molecule has 1 saturated heterocycles. The Labute approximate surface area is 93.5 Å². The maximum absolute atomic E-state index is 11.7. The molecule has 1 aromatic heterocycles. The molecule has 1 aromatic rings. The van der Waals surface area contributed by atoms with E-state index in [1.165, 1.54) is 7.05 Å². The Hall–Kier alpha value is -1.91. The molecule has 2 rings (SSSR count). The summed E-state index contributed by atoms with van der Waals surface area (Å²) in [6.07, 6.45) is 3.59. The summed E-state index contributed by atoms with van der Waals surface area (Å²) in [5.74, 6) is -0.324. The summed E-state index contributed by atoms with van der Waals surface area (Å²) in [4.78, 5) is 28.1. The Morgan fingerprint density at radius 1 is 1.50 bits per heavy atom. The number of likely N-dealkylation sites (tertiary alicyclic amines) is 1. The van der Waals surface area contributed by atoms with Gasteiger partial charge in [-0.2, -0.15) is 0 Å². The third-order valence-corrected chi connectivity index (χ3v) is 2.73. The molecule has 1 N–H and O–H groups in total. The van der Waals surface area contributed by atoms with Crippen LogP contribution in [0.4, 0.5) is 5.69 Å². The number of rotatable bonds is 2. The van der Waals surface area contributed by atoms with E-state index in [4.69, 9.17) is 0 Å². The summed E-state index contributed by atoms with van der Waals surface area (Å²) in [5.41, 5.74) is 1.80. The Morgan fingerprint density at radius 2 is 2.25 bits per heavy atom. The Balaban J connectivity index is 2.15. The number of nitrogens with zero attached hydrogens (tertiary/aromatic N) is 2. The normalized spacial score (nSPS) is 20.4. The van der Waals surface area contributed by atoms with Gasteiger partial charge in [0.2, 0.25) is 5.91 Å². The molecule has 0 aromatic carbocycles. The molecule has 1 aliphatic rings. The van der Waals surface area contributed by atoms with Gasteiger partial charge < -0.3 is 5.32 Å². The van der Waals surface area contributed by atoms with Crippen molar-refractivity contribution in [2.45, 2.75) is 19.4 Å². The van der Waals surface area contributed by atoms with Crippen molar-refractivity contribution in [2.24, 2.45) is 0 Å². The van der Waals surface area contributed by atoms with Crippen LogP contribution in [0, 0.1) is 6.92 Å². The lowest BCUT2D eigenvalue weighted by Gasteiger charge is -2.13. The number of pyridine rings is 1. The number of likely N-dealkylation sites (N-methyl/N-ethyl adjacent to an activating group) is 1. The van der Waals surface area contributed by atoms with Crippen LogP contribution in [0.25, 0.3) is 0 Å². The number of imide groups is 1. The highest BCUT2D eigenvalue weighted by molar-refractivity contribution is 6.06. The van der Waals surface area contributed by atoms with E-state index in [0.29, 0.717) is 0 Å². The highest BCUT2D eigenvalue weighted by Gasteiger charge is 2.35. The summed E-state index contributed by atoms with van der Waals surface area (Å²) in [6, 6.07) is 1.35. The van der Waals surface area contributed by atoms with Gasteiger partial charge in [-0.05, 0) is 18.6 Å². The molecule has 0 bridgehead atoms. The predicted molar refractivity (Wildman–Crippen MR) is 58.8 cm³/mol. The second-order valence-electron chi connectivity index (χ2n) is 3.88. The molecule has 1 aliphatic heterocycles. The van der Waals surface area contributed by atoms with Gasteiger partial charge in [-0.1, -0.05) is 0 Å². The fraction of sp³-hybridized carbons (Fsp3) is 0.364. The lowest BCUT2D eigenvalue weighted by Crippen LogP contribution is -2.31. The lowest BCUT2D eigenvalue weighted by molar-refractivity contribution is -0.136. The van der Waals surface area contributed by atoms with Gasteiger partial charge in [0.25, 0.3) is 5.91 Å². The third-order valence-electron chi connectivity index (χ3n) is 2.73. The fourth-order valence-electron chi connectivity index (χ4n) is 1.69. The molecule has 0 spiro atoms. The number of aryl methyl sites for hydroxylation is 1. The largest absolute Gasteiger partial charge is 0.373 e. The van der Waals surface area contributed by atoms with Crippen LogP contribution in [-0.2, 0) is 9.59 Å². The van der Waals surface area contributed by atoms with Gasteiger partial charge in [-0.3, -0.25) is 19.5 Å². The molecule has 2 amide bonds. The lowest BCUT2D eigenvalue weighted by atomic mass is 10.2. The van der Waals surface area contributed by atoms with Crippen LogP contribution in [0.2, 0.25) is 0 Å². The molecule has 16 heavy (non-hydrogen) atoms. The summed E-state index contributed by atoms with van der Waals surface area (Å²) >= 11 is 0. The first kappa shape index (κ1) is 10.6. The number of amides is 2. The number of anilines is 1. The first-order valence-electron chi connectivity index (χ1n) is 5.07. The number of carbonyl (C=O) groups excluding carboxylic acids is 2. The molecular formula is C11H13N3O2. The number of hydrogen-bond donors (Lipinski definition) is 1. The minimum atomic E-state index is -0.446. The monoisotopic (exact) mass is 219 g/mol. The van der Waals surface area contributed by atoms with Gasteiger partial charge in [-0.15, -0.1) is 0 Å². The predicted octanol–water partition coefficient (Wildman–Crippen LogP) is 0.559. The van der Waals surface area contributed by atoms with E-state index >= 15 is 0 Å². The SMILES string of the molecule is Cc1cnccc1NC1CC(=O)N(C)C1=O. The van der Waals surface area contributed by atoms with Crippen molar-refractivity contribution in [1.82, 2.24) is 9.88 Å². The maximum atomic E-state index is 11.7. The Morgan fingerprint density at radius 3 is 2.81 bits per heavy atom.